The second-order valence-corrected chi connectivity index (χ2v) is 3.93. The molecular weight excluding hydrogens is 166 g/mol. The third-order valence-electron chi connectivity index (χ3n) is 2.85. The van der Waals surface area contributed by atoms with E-state index in [2.05, 4.69) is 11.8 Å². The van der Waals surface area contributed by atoms with Gasteiger partial charge in [0.2, 0.25) is 0 Å². The fraction of sp³-hybridized carbons (Fsp3) is 1.00. The van der Waals surface area contributed by atoms with Crippen LogP contribution in [0.2, 0.25) is 0 Å². The number of aliphatic hydroxyl groups excluding tert-OH is 2. The maximum absolute atomic E-state index is 9.70. The van der Waals surface area contributed by atoms with E-state index >= 15 is 0 Å². The number of β-amino-alcohol motifs (C(OH)–C–C–N with tert-alkyl or cyclic N) is 1. The highest BCUT2D eigenvalue weighted by molar-refractivity contribution is 4.79. The molecule has 0 aliphatic carbocycles. The van der Waals surface area contributed by atoms with Gasteiger partial charge >= 0.3 is 0 Å². The van der Waals surface area contributed by atoms with Gasteiger partial charge in [0.25, 0.3) is 0 Å². The minimum absolute atomic E-state index is 0.116. The molecule has 1 rings (SSSR count). The standard InChI is InChI=1S/C10H21NO2/c1-2-3-9-8-11(6-7-12)5-4-10(9)13/h9-10,12-13H,2-8H2,1H3/t9-,10-/m0/s1. The molecule has 0 aromatic heterocycles. The fourth-order valence-corrected chi connectivity index (χ4v) is 2.09. The van der Waals surface area contributed by atoms with Crippen molar-refractivity contribution < 1.29 is 10.2 Å². The highest BCUT2D eigenvalue weighted by Gasteiger charge is 2.26. The summed E-state index contributed by atoms with van der Waals surface area (Å²) in [5.74, 6) is 0.422. The Morgan fingerprint density at radius 3 is 2.85 bits per heavy atom. The molecule has 3 nitrogen and oxygen atoms in total. The fourth-order valence-electron chi connectivity index (χ4n) is 2.09. The van der Waals surface area contributed by atoms with Crippen molar-refractivity contribution in [1.82, 2.24) is 4.90 Å². The van der Waals surface area contributed by atoms with E-state index in [4.69, 9.17) is 5.11 Å². The zero-order valence-corrected chi connectivity index (χ0v) is 8.45. The molecule has 2 atom stereocenters. The molecule has 0 amide bonds. The first-order valence-corrected chi connectivity index (χ1v) is 5.29. The molecule has 0 bridgehead atoms. The van der Waals surface area contributed by atoms with Gasteiger partial charge in [-0.1, -0.05) is 13.3 Å². The Morgan fingerprint density at radius 2 is 2.23 bits per heavy atom. The third-order valence-corrected chi connectivity index (χ3v) is 2.85. The first-order chi connectivity index (χ1) is 6.27. The molecule has 0 spiro atoms. The summed E-state index contributed by atoms with van der Waals surface area (Å²) in [6.07, 6.45) is 2.98. The van der Waals surface area contributed by atoms with Crippen LogP contribution in [0.1, 0.15) is 26.2 Å². The number of rotatable bonds is 4. The van der Waals surface area contributed by atoms with Crippen molar-refractivity contribution in [3.8, 4) is 0 Å². The molecule has 1 fully saturated rings. The van der Waals surface area contributed by atoms with E-state index in [-0.39, 0.29) is 12.7 Å². The molecule has 13 heavy (non-hydrogen) atoms. The Balaban J connectivity index is 2.33. The van der Waals surface area contributed by atoms with Crippen LogP contribution in [0, 0.1) is 5.92 Å². The summed E-state index contributed by atoms with van der Waals surface area (Å²) in [4.78, 5) is 2.24. The van der Waals surface area contributed by atoms with E-state index in [1.54, 1.807) is 0 Å². The molecule has 3 heteroatoms. The second kappa shape index (κ2) is 5.58. The van der Waals surface area contributed by atoms with Crippen LogP contribution >= 0.6 is 0 Å². The van der Waals surface area contributed by atoms with Gasteiger partial charge in [0, 0.05) is 19.6 Å². The maximum atomic E-state index is 9.70. The summed E-state index contributed by atoms with van der Waals surface area (Å²) >= 11 is 0. The van der Waals surface area contributed by atoms with E-state index in [1.165, 1.54) is 0 Å². The summed E-state index contributed by atoms with van der Waals surface area (Å²) in [6, 6.07) is 0. The van der Waals surface area contributed by atoms with Gasteiger partial charge in [0.1, 0.15) is 0 Å². The number of hydrogen-bond acceptors (Lipinski definition) is 3. The average Bonchev–Trinajstić information content (AvgIpc) is 2.12. The second-order valence-electron chi connectivity index (χ2n) is 3.93. The monoisotopic (exact) mass is 187 g/mol. The summed E-state index contributed by atoms with van der Waals surface area (Å²) in [7, 11) is 0. The van der Waals surface area contributed by atoms with Crippen molar-refractivity contribution in [2.24, 2.45) is 5.92 Å². The Labute approximate surface area is 80.4 Å². The first kappa shape index (κ1) is 11.0. The molecule has 78 valence electrons. The summed E-state index contributed by atoms with van der Waals surface area (Å²) in [5, 5.41) is 18.5. The summed E-state index contributed by atoms with van der Waals surface area (Å²) in [6.45, 7) is 5.02. The highest BCUT2D eigenvalue weighted by Crippen LogP contribution is 2.21. The molecular formula is C10H21NO2. The van der Waals surface area contributed by atoms with Gasteiger partial charge in [0.15, 0.2) is 0 Å². The lowest BCUT2D eigenvalue weighted by Gasteiger charge is -2.35. The van der Waals surface area contributed by atoms with E-state index < -0.39 is 0 Å². The van der Waals surface area contributed by atoms with E-state index in [1.807, 2.05) is 0 Å². The summed E-state index contributed by atoms with van der Waals surface area (Å²) < 4.78 is 0. The molecule has 0 aromatic rings. The van der Waals surface area contributed by atoms with Crippen LogP contribution < -0.4 is 0 Å². The topological polar surface area (TPSA) is 43.7 Å². The van der Waals surface area contributed by atoms with E-state index in [0.29, 0.717) is 5.92 Å². The Morgan fingerprint density at radius 1 is 1.46 bits per heavy atom. The van der Waals surface area contributed by atoms with Crippen molar-refractivity contribution in [2.75, 3.05) is 26.2 Å². The first-order valence-electron chi connectivity index (χ1n) is 5.29. The number of likely N-dealkylation sites (tertiary alicyclic amines) is 1. The van der Waals surface area contributed by atoms with Gasteiger partial charge in [-0.2, -0.15) is 0 Å². The molecule has 2 N–H and O–H groups in total. The molecule has 1 saturated heterocycles. The van der Waals surface area contributed by atoms with Gasteiger partial charge in [-0.25, -0.2) is 0 Å². The number of hydrogen-bond donors (Lipinski definition) is 2. The van der Waals surface area contributed by atoms with Crippen LogP contribution in [0.5, 0.6) is 0 Å². The predicted molar refractivity (Wildman–Crippen MR) is 52.5 cm³/mol. The van der Waals surface area contributed by atoms with Gasteiger partial charge in [0.05, 0.1) is 12.7 Å². The Hall–Kier alpha value is -0.120. The number of aliphatic hydroxyl groups is 2. The maximum Gasteiger partial charge on any atom is 0.0592 e. The lowest BCUT2D eigenvalue weighted by molar-refractivity contribution is 0.0173. The predicted octanol–water partition coefficient (Wildman–Crippen LogP) is 0.462. The van der Waals surface area contributed by atoms with Crippen LogP contribution in [0.3, 0.4) is 0 Å². The van der Waals surface area contributed by atoms with Gasteiger partial charge < -0.3 is 15.1 Å². The highest BCUT2D eigenvalue weighted by atomic mass is 16.3. The van der Waals surface area contributed by atoms with Crippen LogP contribution in [-0.4, -0.2) is 47.5 Å². The molecule has 1 aliphatic heterocycles. The number of nitrogens with zero attached hydrogens (tertiary/aromatic N) is 1. The zero-order valence-electron chi connectivity index (χ0n) is 8.45. The lowest BCUT2D eigenvalue weighted by atomic mass is 9.91. The Kier molecular flexibility index (Phi) is 4.70. The molecule has 1 heterocycles. The van der Waals surface area contributed by atoms with Crippen molar-refractivity contribution in [3.63, 3.8) is 0 Å². The van der Waals surface area contributed by atoms with Crippen LogP contribution in [0.15, 0.2) is 0 Å². The van der Waals surface area contributed by atoms with Crippen molar-refractivity contribution in [3.05, 3.63) is 0 Å². The van der Waals surface area contributed by atoms with Gasteiger partial charge in [-0.15, -0.1) is 0 Å². The van der Waals surface area contributed by atoms with Crippen LogP contribution in [0.4, 0.5) is 0 Å². The van der Waals surface area contributed by atoms with E-state index in [0.717, 1.165) is 38.9 Å². The molecule has 0 unspecified atom stereocenters. The Bertz CT molecular complexity index is 141. The van der Waals surface area contributed by atoms with Crippen LogP contribution in [0.25, 0.3) is 0 Å². The minimum atomic E-state index is -0.116. The van der Waals surface area contributed by atoms with Crippen molar-refractivity contribution in [1.29, 1.82) is 0 Å². The van der Waals surface area contributed by atoms with Gasteiger partial charge in [-0.05, 0) is 18.8 Å². The SMILES string of the molecule is CCC[C@H]1CN(CCO)CC[C@@H]1O. The minimum Gasteiger partial charge on any atom is -0.395 e. The number of piperidine rings is 1. The van der Waals surface area contributed by atoms with Crippen molar-refractivity contribution >= 4 is 0 Å². The smallest absolute Gasteiger partial charge is 0.0592 e. The van der Waals surface area contributed by atoms with Gasteiger partial charge in [-0.3, -0.25) is 0 Å². The normalized spacial score (nSPS) is 30.7. The average molecular weight is 187 g/mol. The quantitative estimate of drug-likeness (QED) is 0.672. The molecule has 0 aromatic carbocycles. The zero-order chi connectivity index (χ0) is 9.68. The molecule has 0 radical (unpaired) electrons. The van der Waals surface area contributed by atoms with E-state index in [9.17, 15) is 5.11 Å². The molecule has 1 aliphatic rings. The van der Waals surface area contributed by atoms with Crippen LogP contribution in [-0.2, 0) is 0 Å². The lowest BCUT2D eigenvalue weighted by Crippen LogP contribution is -2.44. The molecule has 0 saturated carbocycles. The summed E-state index contributed by atoms with van der Waals surface area (Å²) in [5.41, 5.74) is 0. The third kappa shape index (κ3) is 3.25. The largest absolute Gasteiger partial charge is 0.395 e. The van der Waals surface area contributed by atoms with Crippen molar-refractivity contribution in [2.45, 2.75) is 32.3 Å².